The van der Waals surface area contributed by atoms with Crippen LogP contribution in [0.1, 0.15) is 16.8 Å². The predicted octanol–water partition coefficient (Wildman–Crippen LogP) is 2.53. The Morgan fingerprint density at radius 2 is 1.68 bits per heavy atom. The van der Waals surface area contributed by atoms with E-state index in [1.54, 1.807) is 17.7 Å². The Morgan fingerprint density at radius 3 is 2.42 bits per heavy atom. The van der Waals surface area contributed by atoms with Gasteiger partial charge in [0.2, 0.25) is 4.96 Å². The van der Waals surface area contributed by atoms with E-state index in [9.17, 15) is 9.59 Å². The molecule has 152 valence electrons. The molecule has 0 unspecified atom stereocenters. The normalized spacial score (nSPS) is 12.0. The molecule has 5 aromatic rings. The van der Waals surface area contributed by atoms with Gasteiger partial charge in [-0.25, -0.2) is 4.68 Å². The van der Waals surface area contributed by atoms with Gasteiger partial charge in [-0.3, -0.25) is 9.59 Å². The number of benzene rings is 2. The van der Waals surface area contributed by atoms with Crippen LogP contribution in [0.25, 0.3) is 28.0 Å². The van der Waals surface area contributed by atoms with Gasteiger partial charge in [0, 0.05) is 17.3 Å². The van der Waals surface area contributed by atoms with Gasteiger partial charge in [-0.1, -0.05) is 59.4 Å². The van der Waals surface area contributed by atoms with Gasteiger partial charge >= 0.3 is 0 Å². The number of fused-ring (bicyclic) bond motifs is 1. The summed E-state index contributed by atoms with van der Waals surface area (Å²) in [5, 5.41) is 8.87. The molecule has 0 spiro atoms. The van der Waals surface area contributed by atoms with E-state index in [1.807, 2.05) is 67.7 Å². The topological polar surface area (TPSA) is 82.2 Å². The number of para-hydroxylation sites is 1. The average molecular weight is 427 g/mol. The van der Waals surface area contributed by atoms with E-state index in [2.05, 4.69) is 10.1 Å². The molecule has 0 aliphatic carbocycles. The van der Waals surface area contributed by atoms with Crippen LogP contribution in [0.4, 0.5) is 0 Å². The summed E-state index contributed by atoms with van der Waals surface area (Å²) in [6, 6.07) is 17.9. The molecule has 0 bridgehead atoms. The number of rotatable bonds is 3. The summed E-state index contributed by atoms with van der Waals surface area (Å²) in [4.78, 5) is 28.9. The van der Waals surface area contributed by atoms with E-state index >= 15 is 0 Å². The number of thiazole rings is 1. The van der Waals surface area contributed by atoms with Gasteiger partial charge in [0.05, 0.1) is 15.9 Å². The molecule has 0 radical (unpaired) electrons. The third-order valence-electron chi connectivity index (χ3n) is 4.92. The minimum Gasteiger partial charge on any atom is -0.266 e. The molecule has 0 atom stereocenters. The zero-order valence-corrected chi connectivity index (χ0v) is 17.6. The third-order valence-corrected chi connectivity index (χ3v) is 5.88. The first-order valence-electron chi connectivity index (χ1n) is 9.64. The first kappa shape index (κ1) is 19.1. The molecular formula is C23H17N5O2S. The van der Waals surface area contributed by atoms with Gasteiger partial charge in [0.25, 0.3) is 11.1 Å². The van der Waals surface area contributed by atoms with Crippen molar-refractivity contribution >= 4 is 22.4 Å². The average Bonchev–Trinajstić information content (AvgIpc) is 3.32. The van der Waals surface area contributed by atoms with E-state index in [0.29, 0.717) is 4.53 Å². The SMILES string of the molecule is Cc1ccc(-c2nn(-c3ccccc3)cc2/C=c2\sc3nc(=O)c(C)nn3c2=O)cc1. The van der Waals surface area contributed by atoms with E-state index in [0.717, 1.165) is 39.4 Å². The Labute approximate surface area is 180 Å². The number of aromatic nitrogens is 5. The molecule has 3 aromatic heterocycles. The highest BCUT2D eigenvalue weighted by Crippen LogP contribution is 2.25. The van der Waals surface area contributed by atoms with Crippen molar-refractivity contribution in [3.63, 3.8) is 0 Å². The lowest BCUT2D eigenvalue weighted by atomic mass is 10.1. The number of nitrogens with zero attached hydrogens (tertiary/aromatic N) is 5. The van der Waals surface area contributed by atoms with Crippen LogP contribution >= 0.6 is 11.3 Å². The molecule has 0 aliphatic rings. The Morgan fingerprint density at radius 1 is 0.935 bits per heavy atom. The summed E-state index contributed by atoms with van der Waals surface area (Å²) in [6.07, 6.45) is 3.68. The van der Waals surface area contributed by atoms with E-state index < -0.39 is 5.56 Å². The predicted molar refractivity (Wildman–Crippen MR) is 121 cm³/mol. The van der Waals surface area contributed by atoms with Gasteiger partial charge in [-0.05, 0) is 32.1 Å². The van der Waals surface area contributed by atoms with Crippen molar-refractivity contribution in [3.8, 4) is 16.9 Å². The maximum absolute atomic E-state index is 12.9. The smallest absolute Gasteiger partial charge is 0.266 e. The van der Waals surface area contributed by atoms with Crippen LogP contribution < -0.4 is 15.7 Å². The fraction of sp³-hybridized carbons (Fsp3) is 0.0870. The highest BCUT2D eigenvalue weighted by molar-refractivity contribution is 7.15. The summed E-state index contributed by atoms with van der Waals surface area (Å²) in [6.45, 7) is 3.57. The van der Waals surface area contributed by atoms with Crippen molar-refractivity contribution < 1.29 is 0 Å². The van der Waals surface area contributed by atoms with Gasteiger partial charge < -0.3 is 0 Å². The van der Waals surface area contributed by atoms with Crippen molar-refractivity contribution in [2.24, 2.45) is 0 Å². The van der Waals surface area contributed by atoms with E-state index in [-0.39, 0.29) is 16.2 Å². The lowest BCUT2D eigenvalue weighted by Crippen LogP contribution is -2.27. The Kier molecular flexibility index (Phi) is 4.56. The molecule has 3 heterocycles. The molecule has 0 N–H and O–H groups in total. The molecule has 0 saturated carbocycles. The van der Waals surface area contributed by atoms with Crippen molar-refractivity contribution in [1.29, 1.82) is 0 Å². The van der Waals surface area contributed by atoms with E-state index in [1.165, 1.54) is 4.52 Å². The number of hydrogen-bond acceptors (Lipinski definition) is 6. The van der Waals surface area contributed by atoms with Gasteiger partial charge in [-0.15, -0.1) is 0 Å². The fourth-order valence-electron chi connectivity index (χ4n) is 3.27. The van der Waals surface area contributed by atoms with Gasteiger partial charge in [0.1, 0.15) is 5.69 Å². The molecule has 31 heavy (non-hydrogen) atoms. The highest BCUT2D eigenvalue weighted by atomic mass is 32.1. The Balaban J connectivity index is 1.75. The minimum atomic E-state index is -0.426. The molecule has 0 fully saturated rings. The molecule has 5 rings (SSSR count). The van der Waals surface area contributed by atoms with Gasteiger partial charge in [-0.2, -0.15) is 19.7 Å². The first-order chi connectivity index (χ1) is 15.0. The highest BCUT2D eigenvalue weighted by Gasteiger charge is 2.13. The van der Waals surface area contributed by atoms with Crippen molar-refractivity contribution in [1.82, 2.24) is 24.4 Å². The van der Waals surface area contributed by atoms with Crippen LogP contribution in [-0.2, 0) is 0 Å². The maximum Gasteiger partial charge on any atom is 0.295 e. The van der Waals surface area contributed by atoms with Crippen LogP contribution in [0.2, 0.25) is 0 Å². The molecule has 0 saturated heterocycles. The van der Waals surface area contributed by atoms with E-state index in [4.69, 9.17) is 5.10 Å². The Hall–Kier alpha value is -3.91. The maximum atomic E-state index is 12.9. The Bertz CT molecular complexity index is 1580. The largest absolute Gasteiger partial charge is 0.295 e. The first-order valence-corrected chi connectivity index (χ1v) is 10.5. The molecular weight excluding hydrogens is 410 g/mol. The van der Waals surface area contributed by atoms with Crippen LogP contribution in [0.3, 0.4) is 0 Å². The number of aryl methyl sites for hydroxylation is 2. The summed E-state index contributed by atoms with van der Waals surface area (Å²) < 4.78 is 3.41. The van der Waals surface area contributed by atoms with Crippen molar-refractivity contribution in [3.05, 3.63) is 103 Å². The fourth-order valence-corrected chi connectivity index (χ4v) is 4.16. The second kappa shape index (κ2) is 7.41. The number of hydrogen-bond donors (Lipinski definition) is 0. The molecule has 0 aliphatic heterocycles. The zero-order chi connectivity index (χ0) is 21.5. The quantitative estimate of drug-likeness (QED) is 0.442. The second-order valence-electron chi connectivity index (χ2n) is 7.19. The second-order valence-corrected chi connectivity index (χ2v) is 8.20. The lowest BCUT2D eigenvalue weighted by Gasteiger charge is -2.01. The van der Waals surface area contributed by atoms with Crippen molar-refractivity contribution in [2.75, 3.05) is 0 Å². The summed E-state index contributed by atoms with van der Waals surface area (Å²) >= 11 is 1.14. The minimum absolute atomic E-state index is 0.191. The van der Waals surface area contributed by atoms with Crippen molar-refractivity contribution in [2.45, 2.75) is 13.8 Å². The molecule has 2 aromatic carbocycles. The molecule has 7 nitrogen and oxygen atoms in total. The van der Waals surface area contributed by atoms with Crippen LogP contribution in [-0.4, -0.2) is 24.4 Å². The summed E-state index contributed by atoms with van der Waals surface area (Å²) in [7, 11) is 0. The monoisotopic (exact) mass is 427 g/mol. The zero-order valence-electron chi connectivity index (χ0n) is 16.8. The van der Waals surface area contributed by atoms with Crippen LogP contribution in [0, 0.1) is 13.8 Å². The van der Waals surface area contributed by atoms with Crippen LogP contribution in [0.5, 0.6) is 0 Å². The lowest BCUT2D eigenvalue weighted by molar-refractivity contribution is 0.833. The summed E-state index contributed by atoms with van der Waals surface area (Å²) in [5.41, 5.74) is 4.02. The standard InChI is InChI=1S/C23H17N5O2S/c1-14-8-10-16(11-9-14)20-17(13-27(26-20)18-6-4-3-5-7-18)12-19-22(30)28-23(31-19)24-21(29)15(2)25-28/h3-13H,1-2H3/b19-12-. The van der Waals surface area contributed by atoms with Gasteiger partial charge in [0.15, 0.2) is 0 Å². The molecule has 8 heteroatoms. The van der Waals surface area contributed by atoms with Crippen LogP contribution in [0.15, 0.2) is 70.4 Å². The third kappa shape index (κ3) is 3.47. The summed E-state index contributed by atoms with van der Waals surface area (Å²) in [5.74, 6) is 0. The molecule has 0 amide bonds.